The highest BCUT2D eigenvalue weighted by molar-refractivity contribution is 5.96. The molecule has 0 radical (unpaired) electrons. The monoisotopic (exact) mass is 336 g/mol. The Labute approximate surface area is 145 Å². The molecule has 1 atom stereocenters. The zero-order valence-electron chi connectivity index (χ0n) is 15.8. The van der Waals surface area contributed by atoms with Gasteiger partial charge in [0.05, 0.1) is 18.8 Å². The number of aryl methyl sites for hydroxylation is 2. The van der Waals surface area contributed by atoms with Crippen molar-refractivity contribution in [2.75, 3.05) is 32.8 Å². The first kappa shape index (κ1) is 19.0. The molecule has 2 heterocycles. The van der Waals surface area contributed by atoms with E-state index in [1.54, 1.807) is 0 Å². The predicted molar refractivity (Wildman–Crippen MR) is 95.5 cm³/mol. The fraction of sp³-hybridized carbons (Fsp3) is 0.737. The zero-order valence-corrected chi connectivity index (χ0v) is 15.8. The second-order valence-corrected chi connectivity index (χ2v) is 6.72. The zero-order chi connectivity index (χ0) is 17.7. The average Bonchev–Trinajstić information content (AvgIpc) is 2.84. The third-order valence-electron chi connectivity index (χ3n) is 5.37. The van der Waals surface area contributed by atoms with E-state index in [0.717, 1.165) is 50.5 Å². The van der Waals surface area contributed by atoms with Crippen LogP contribution in [0.15, 0.2) is 4.42 Å². The molecule has 1 aliphatic rings. The summed E-state index contributed by atoms with van der Waals surface area (Å²) in [7, 11) is 0. The van der Waals surface area contributed by atoms with E-state index in [1.165, 1.54) is 0 Å². The summed E-state index contributed by atoms with van der Waals surface area (Å²) >= 11 is 0. The fourth-order valence-corrected chi connectivity index (χ4v) is 3.75. The van der Waals surface area contributed by atoms with Crippen molar-refractivity contribution in [2.45, 2.75) is 53.5 Å². The number of rotatable bonds is 7. The molecule has 1 N–H and O–H groups in total. The van der Waals surface area contributed by atoms with E-state index in [4.69, 9.17) is 9.15 Å². The molecule has 2 rings (SSSR count). The molecule has 1 fully saturated rings. The summed E-state index contributed by atoms with van der Waals surface area (Å²) in [6, 6.07) is 0.362. The number of ether oxygens (including phenoxy) is 1. The standard InChI is InChI=1S/C19H32N2O3/c1-6-16(7-2)17(21-8-10-23-11-9-21)12-20-19(22)18-13(3)14(4)24-15(18)5/h16-17H,6-12H2,1-5H3,(H,20,22). The van der Waals surface area contributed by atoms with Crippen LogP contribution in [0.5, 0.6) is 0 Å². The van der Waals surface area contributed by atoms with Crippen molar-refractivity contribution in [3.05, 3.63) is 22.6 Å². The molecule has 0 bridgehead atoms. The Hall–Kier alpha value is -1.33. The Morgan fingerprint density at radius 3 is 2.25 bits per heavy atom. The lowest BCUT2D eigenvalue weighted by Gasteiger charge is -2.38. The van der Waals surface area contributed by atoms with E-state index in [2.05, 4.69) is 24.1 Å². The Balaban J connectivity index is 2.07. The Morgan fingerprint density at radius 2 is 1.75 bits per heavy atom. The van der Waals surface area contributed by atoms with E-state index < -0.39 is 0 Å². The molecule has 1 saturated heterocycles. The van der Waals surface area contributed by atoms with Gasteiger partial charge in [0.2, 0.25) is 0 Å². The van der Waals surface area contributed by atoms with E-state index in [-0.39, 0.29) is 5.91 Å². The maximum Gasteiger partial charge on any atom is 0.255 e. The van der Waals surface area contributed by atoms with Gasteiger partial charge in [0.1, 0.15) is 11.5 Å². The van der Waals surface area contributed by atoms with E-state index in [0.29, 0.717) is 29.8 Å². The molecule has 1 unspecified atom stereocenters. The van der Waals surface area contributed by atoms with Crippen LogP contribution in [0, 0.1) is 26.7 Å². The number of morpholine rings is 1. The van der Waals surface area contributed by atoms with Gasteiger partial charge in [0, 0.05) is 31.2 Å². The van der Waals surface area contributed by atoms with Gasteiger partial charge in [-0.15, -0.1) is 0 Å². The average molecular weight is 336 g/mol. The van der Waals surface area contributed by atoms with Crippen LogP contribution in [0.3, 0.4) is 0 Å². The first-order valence-corrected chi connectivity index (χ1v) is 9.16. The number of hydrogen-bond donors (Lipinski definition) is 1. The number of carbonyl (C=O) groups excluding carboxylic acids is 1. The summed E-state index contributed by atoms with van der Waals surface area (Å²) in [5.74, 6) is 2.08. The summed E-state index contributed by atoms with van der Waals surface area (Å²) in [4.78, 5) is 15.1. The van der Waals surface area contributed by atoms with Crippen molar-refractivity contribution in [2.24, 2.45) is 5.92 Å². The van der Waals surface area contributed by atoms with Crippen LogP contribution in [0.1, 0.15) is 54.1 Å². The molecule has 24 heavy (non-hydrogen) atoms. The lowest BCUT2D eigenvalue weighted by Crippen LogP contribution is -2.52. The highest BCUT2D eigenvalue weighted by Gasteiger charge is 2.28. The summed E-state index contributed by atoms with van der Waals surface area (Å²) in [6.45, 7) is 14.3. The second kappa shape index (κ2) is 8.67. The predicted octanol–water partition coefficient (Wildman–Crippen LogP) is 3.07. The van der Waals surface area contributed by atoms with Crippen LogP contribution in [-0.2, 0) is 4.74 Å². The Bertz CT molecular complexity index is 543. The van der Waals surface area contributed by atoms with Crippen molar-refractivity contribution in [3.63, 3.8) is 0 Å². The quantitative estimate of drug-likeness (QED) is 0.831. The summed E-state index contributed by atoms with van der Waals surface area (Å²) in [5.41, 5.74) is 1.63. The second-order valence-electron chi connectivity index (χ2n) is 6.72. The normalized spacial score (nSPS) is 17.2. The Morgan fingerprint density at radius 1 is 1.12 bits per heavy atom. The van der Waals surface area contributed by atoms with Gasteiger partial charge in [0.15, 0.2) is 0 Å². The molecule has 5 nitrogen and oxygen atoms in total. The number of furan rings is 1. The minimum absolute atomic E-state index is 0.0222. The van der Waals surface area contributed by atoms with Gasteiger partial charge in [-0.25, -0.2) is 0 Å². The Kier molecular flexibility index (Phi) is 6.87. The topological polar surface area (TPSA) is 54.7 Å². The summed E-state index contributed by atoms with van der Waals surface area (Å²) < 4.78 is 11.1. The van der Waals surface area contributed by atoms with Crippen molar-refractivity contribution in [1.29, 1.82) is 0 Å². The van der Waals surface area contributed by atoms with Gasteiger partial charge in [0.25, 0.3) is 5.91 Å². The van der Waals surface area contributed by atoms with Crippen LogP contribution >= 0.6 is 0 Å². The number of nitrogens with one attached hydrogen (secondary N) is 1. The maximum absolute atomic E-state index is 12.7. The fourth-order valence-electron chi connectivity index (χ4n) is 3.75. The highest BCUT2D eigenvalue weighted by atomic mass is 16.5. The number of hydrogen-bond acceptors (Lipinski definition) is 4. The highest BCUT2D eigenvalue weighted by Crippen LogP contribution is 2.22. The minimum Gasteiger partial charge on any atom is -0.466 e. The summed E-state index contributed by atoms with van der Waals surface area (Å²) in [6.07, 6.45) is 2.24. The van der Waals surface area contributed by atoms with Crippen LogP contribution in [-0.4, -0.2) is 49.7 Å². The molecule has 0 aliphatic carbocycles. The maximum atomic E-state index is 12.7. The number of nitrogens with zero attached hydrogens (tertiary/aromatic N) is 1. The molecule has 1 amide bonds. The molecule has 1 aliphatic heterocycles. The van der Waals surface area contributed by atoms with Crippen molar-refractivity contribution >= 4 is 5.91 Å². The number of carbonyl (C=O) groups is 1. The van der Waals surface area contributed by atoms with Gasteiger partial charge >= 0.3 is 0 Å². The molecule has 5 heteroatoms. The van der Waals surface area contributed by atoms with Crippen molar-refractivity contribution < 1.29 is 13.9 Å². The summed E-state index contributed by atoms with van der Waals surface area (Å²) in [5, 5.41) is 3.16. The first-order valence-electron chi connectivity index (χ1n) is 9.16. The van der Waals surface area contributed by atoms with Crippen molar-refractivity contribution in [3.8, 4) is 0 Å². The molecule has 0 spiro atoms. The third kappa shape index (κ3) is 4.19. The van der Waals surface area contributed by atoms with E-state index >= 15 is 0 Å². The van der Waals surface area contributed by atoms with Crippen LogP contribution in [0.2, 0.25) is 0 Å². The molecule has 136 valence electrons. The van der Waals surface area contributed by atoms with Gasteiger partial charge in [-0.05, 0) is 26.7 Å². The van der Waals surface area contributed by atoms with Crippen LogP contribution < -0.4 is 5.32 Å². The lowest BCUT2D eigenvalue weighted by molar-refractivity contribution is 0.00191. The van der Waals surface area contributed by atoms with Gasteiger partial charge < -0.3 is 14.5 Å². The van der Waals surface area contributed by atoms with Crippen LogP contribution in [0.25, 0.3) is 0 Å². The van der Waals surface area contributed by atoms with Gasteiger partial charge in [-0.3, -0.25) is 9.69 Å². The van der Waals surface area contributed by atoms with E-state index in [9.17, 15) is 4.79 Å². The van der Waals surface area contributed by atoms with Gasteiger partial charge in [-0.2, -0.15) is 0 Å². The largest absolute Gasteiger partial charge is 0.466 e. The molecule has 1 aromatic heterocycles. The first-order chi connectivity index (χ1) is 11.5. The lowest BCUT2D eigenvalue weighted by atomic mass is 9.92. The number of amides is 1. The smallest absolute Gasteiger partial charge is 0.255 e. The SMILES string of the molecule is CCC(CC)C(CNC(=O)c1c(C)oc(C)c1C)N1CCOCC1. The van der Waals surface area contributed by atoms with E-state index in [1.807, 2.05) is 20.8 Å². The molecule has 1 aromatic rings. The minimum atomic E-state index is -0.0222. The van der Waals surface area contributed by atoms with Crippen molar-refractivity contribution in [1.82, 2.24) is 10.2 Å². The molecule has 0 aromatic carbocycles. The third-order valence-corrected chi connectivity index (χ3v) is 5.37. The van der Waals surface area contributed by atoms with Gasteiger partial charge in [-0.1, -0.05) is 26.7 Å². The molecular weight excluding hydrogens is 304 g/mol. The molecule has 0 saturated carbocycles. The molecular formula is C19H32N2O3. The van der Waals surface area contributed by atoms with Crippen LogP contribution in [0.4, 0.5) is 0 Å².